The summed E-state index contributed by atoms with van der Waals surface area (Å²) in [5.74, 6) is 0.829. The third kappa shape index (κ3) is 4.22. The standard InChI is InChI=1S/C21H23Cl2N3O2/c22-18-3-1-4-19(20(18)23)26-10-8-25(9-11-26)7-2-12-28-16-5-6-17-15(13-16)14-24-21(17)27/h1,3-6,13H,2,7-12,14H2,(H,24,27). The summed E-state index contributed by atoms with van der Waals surface area (Å²) >= 11 is 12.5. The Morgan fingerprint density at radius 3 is 2.71 bits per heavy atom. The molecule has 0 aliphatic carbocycles. The van der Waals surface area contributed by atoms with Gasteiger partial charge in [0, 0.05) is 44.8 Å². The predicted octanol–water partition coefficient (Wildman–Crippen LogP) is 3.83. The molecule has 0 aromatic heterocycles. The highest BCUT2D eigenvalue weighted by Gasteiger charge is 2.20. The van der Waals surface area contributed by atoms with Crippen molar-refractivity contribution in [2.24, 2.45) is 0 Å². The number of anilines is 1. The van der Waals surface area contributed by atoms with Crippen LogP contribution in [0.3, 0.4) is 0 Å². The summed E-state index contributed by atoms with van der Waals surface area (Å²) in [4.78, 5) is 16.3. The molecule has 2 aromatic carbocycles. The van der Waals surface area contributed by atoms with E-state index in [1.165, 1.54) is 0 Å². The van der Waals surface area contributed by atoms with Crippen LogP contribution in [-0.4, -0.2) is 50.1 Å². The first-order valence-corrected chi connectivity index (χ1v) is 10.3. The quantitative estimate of drug-likeness (QED) is 0.722. The van der Waals surface area contributed by atoms with E-state index in [2.05, 4.69) is 15.1 Å². The largest absolute Gasteiger partial charge is 0.494 e. The third-order valence-corrected chi connectivity index (χ3v) is 6.10. The molecule has 28 heavy (non-hydrogen) atoms. The van der Waals surface area contributed by atoms with Crippen LogP contribution >= 0.6 is 23.2 Å². The lowest BCUT2D eigenvalue weighted by atomic mass is 10.1. The van der Waals surface area contributed by atoms with Crippen molar-refractivity contribution in [3.05, 3.63) is 57.6 Å². The van der Waals surface area contributed by atoms with Crippen LogP contribution < -0.4 is 15.0 Å². The van der Waals surface area contributed by atoms with Crippen molar-refractivity contribution in [3.8, 4) is 5.75 Å². The van der Waals surface area contributed by atoms with Gasteiger partial charge in [-0.05, 0) is 42.3 Å². The molecule has 0 spiro atoms. The van der Waals surface area contributed by atoms with E-state index in [0.717, 1.165) is 61.7 Å². The molecule has 0 saturated carbocycles. The van der Waals surface area contributed by atoms with Crippen LogP contribution in [-0.2, 0) is 6.54 Å². The number of piperazine rings is 1. The zero-order valence-corrected chi connectivity index (χ0v) is 17.1. The highest BCUT2D eigenvalue weighted by atomic mass is 35.5. The molecule has 7 heteroatoms. The molecule has 2 aliphatic heterocycles. The van der Waals surface area contributed by atoms with Crippen LogP contribution in [0.2, 0.25) is 10.0 Å². The average molecular weight is 420 g/mol. The highest BCUT2D eigenvalue weighted by molar-refractivity contribution is 6.43. The first-order chi connectivity index (χ1) is 13.6. The molecule has 0 atom stereocenters. The van der Waals surface area contributed by atoms with Gasteiger partial charge in [0.2, 0.25) is 0 Å². The van der Waals surface area contributed by atoms with Crippen LogP contribution in [0, 0.1) is 0 Å². The number of fused-ring (bicyclic) bond motifs is 1. The Morgan fingerprint density at radius 1 is 1.07 bits per heavy atom. The van der Waals surface area contributed by atoms with E-state index >= 15 is 0 Å². The van der Waals surface area contributed by atoms with Gasteiger partial charge in [0.1, 0.15) is 5.75 Å². The molecule has 2 heterocycles. The number of nitrogens with one attached hydrogen (secondary N) is 1. The monoisotopic (exact) mass is 419 g/mol. The molecular weight excluding hydrogens is 397 g/mol. The fourth-order valence-electron chi connectivity index (χ4n) is 3.73. The number of benzene rings is 2. The van der Waals surface area contributed by atoms with Gasteiger partial charge in [0.05, 0.1) is 22.3 Å². The summed E-state index contributed by atoms with van der Waals surface area (Å²) in [5.41, 5.74) is 2.78. The van der Waals surface area contributed by atoms with Crippen molar-refractivity contribution < 1.29 is 9.53 Å². The van der Waals surface area contributed by atoms with Gasteiger partial charge in [-0.1, -0.05) is 29.3 Å². The second kappa shape index (κ2) is 8.60. The molecule has 5 nitrogen and oxygen atoms in total. The Morgan fingerprint density at radius 2 is 1.89 bits per heavy atom. The van der Waals surface area contributed by atoms with Crippen molar-refractivity contribution in [2.45, 2.75) is 13.0 Å². The summed E-state index contributed by atoms with van der Waals surface area (Å²) in [6, 6.07) is 11.5. The summed E-state index contributed by atoms with van der Waals surface area (Å²) in [7, 11) is 0. The molecule has 0 bridgehead atoms. The van der Waals surface area contributed by atoms with Crippen LogP contribution in [0.25, 0.3) is 0 Å². The van der Waals surface area contributed by atoms with Crippen molar-refractivity contribution >= 4 is 34.8 Å². The SMILES string of the molecule is O=C1NCc2cc(OCCCN3CCN(c4cccc(Cl)c4Cl)CC3)ccc21. The van der Waals surface area contributed by atoms with E-state index in [1.807, 2.05) is 36.4 Å². The molecule has 2 aliphatic rings. The lowest BCUT2D eigenvalue weighted by molar-refractivity contribution is 0.0966. The second-order valence-corrected chi connectivity index (χ2v) is 7.89. The van der Waals surface area contributed by atoms with Gasteiger partial charge in [-0.3, -0.25) is 9.69 Å². The summed E-state index contributed by atoms with van der Waals surface area (Å²) in [5, 5.41) is 4.06. The number of nitrogens with zero attached hydrogens (tertiary/aromatic N) is 2. The van der Waals surface area contributed by atoms with Gasteiger partial charge in [0.15, 0.2) is 0 Å². The fraction of sp³-hybridized carbons (Fsp3) is 0.381. The molecular formula is C21H23Cl2N3O2. The Balaban J connectivity index is 1.20. The Kier molecular flexibility index (Phi) is 5.95. The van der Waals surface area contributed by atoms with Gasteiger partial charge in [-0.15, -0.1) is 0 Å². The molecule has 0 radical (unpaired) electrons. The van der Waals surface area contributed by atoms with Gasteiger partial charge < -0.3 is 15.0 Å². The van der Waals surface area contributed by atoms with E-state index < -0.39 is 0 Å². The third-order valence-electron chi connectivity index (χ3n) is 5.29. The smallest absolute Gasteiger partial charge is 0.251 e. The molecule has 148 valence electrons. The normalized spacial score (nSPS) is 16.8. The topological polar surface area (TPSA) is 44.8 Å². The number of amides is 1. The first-order valence-electron chi connectivity index (χ1n) is 9.57. The Hall–Kier alpha value is -1.95. The van der Waals surface area contributed by atoms with E-state index in [0.29, 0.717) is 23.2 Å². The van der Waals surface area contributed by atoms with Gasteiger partial charge in [-0.25, -0.2) is 0 Å². The first kappa shape index (κ1) is 19.4. The second-order valence-electron chi connectivity index (χ2n) is 7.11. The van der Waals surface area contributed by atoms with Gasteiger partial charge in [0.25, 0.3) is 5.91 Å². The zero-order chi connectivity index (χ0) is 19.5. The van der Waals surface area contributed by atoms with Gasteiger partial charge >= 0.3 is 0 Å². The Labute approximate surface area is 175 Å². The number of carbonyl (C=O) groups is 1. The maximum atomic E-state index is 11.6. The molecule has 1 N–H and O–H groups in total. The highest BCUT2D eigenvalue weighted by Crippen LogP contribution is 2.32. The minimum atomic E-state index is -0.000228. The molecule has 0 unspecified atom stereocenters. The van der Waals surface area contributed by atoms with Crippen molar-refractivity contribution in [1.29, 1.82) is 0 Å². The number of rotatable bonds is 6. The predicted molar refractivity (Wildman–Crippen MR) is 113 cm³/mol. The van der Waals surface area contributed by atoms with Crippen molar-refractivity contribution in [3.63, 3.8) is 0 Å². The van der Waals surface area contributed by atoms with E-state index in [4.69, 9.17) is 27.9 Å². The van der Waals surface area contributed by atoms with Gasteiger partial charge in [-0.2, -0.15) is 0 Å². The van der Waals surface area contributed by atoms with Crippen LogP contribution in [0.5, 0.6) is 5.75 Å². The van der Waals surface area contributed by atoms with Crippen LogP contribution in [0.4, 0.5) is 5.69 Å². The number of ether oxygens (including phenoxy) is 1. The minimum absolute atomic E-state index is 0.000228. The lowest BCUT2D eigenvalue weighted by Crippen LogP contribution is -2.46. The minimum Gasteiger partial charge on any atom is -0.494 e. The molecule has 1 fully saturated rings. The molecule has 1 amide bonds. The Bertz CT molecular complexity index is 867. The summed E-state index contributed by atoms with van der Waals surface area (Å²) < 4.78 is 5.87. The average Bonchev–Trinajstić information content (AvgIpc) is 3.08. The summed E-state index contributed by atoms with van der Waals surface area (Å²) in [6.45, 7) is 6.12. The van der Waals surface area contributed by atoms with E-state index in [9.17, 15) is 4.79 Å². The maximum absolute atomic E-state index is 11.6. The van der Waals surface area contributed by atoms with Crippen LogP contribution in [0.1, 0.15) is 22.3 Å². The maximum Gasteiger partial charge on any atom is 0.251 e. The summed E-state index contributed by atoms with van der Waals surface area (Å²) in [6.07, 6.45) is 0.964. The zero-order valence-electron chi connectivity index (χ0n) is 15.6. The van der Waals surface area contributed by atoms with Crippen molar-refractivity contribution in [1.82, 2.24) is 10.2 Å². The molecule has 1 saturated heterocycles. The molecule has 2 aromatic rings. The fourth-order valence-corrected chi connectivity index (χ4v) is 4.14. The number of hydrogen-bond acceptors (Lipinski definition) is 4. The number of halogens is 2. The lowest BCUT2D eigenvalue weighted by Gasteiger charge is -2.36. The van der Waals surface area contributed by atoms with Crippen molar-refractivity contribution in [2.75, 3.05) is 44.2 Å². The molecule has 4 rings (SSSR count). The van der Waals surface area contributed by atoms with Crippen LogP contribution in [0.15, 0.2) is 36.4 Å². The van der Waals surface area contributed by atoms with E-state index in [1.54, 1.807) is 0 Å². The number of hydrogen-bond donors (Lipinski definition) is 1. The number of carbonyl (C=O) groups excluding carboxylic acids is 1. The van der Waals surface area contributed by atoms with E-state index in [-0.39, 0.29) is 5.91 Å².